The molecule has 1 aromatic heterocycles. The molecule has 5 heteroatoms. The number of pyridine rings is 1. The highest BCUT2D eigenvalue weighted by atomic mass is 16.6. The van der Waals surface area contributed by atoms with E-state index in [0.717, 1.165) is 54.0 Å². The lowest BCUT2D eigenvalue weighted by Crippen LogP contribution is -2.34. The number of piperidine rings is 1. The Labute approximate surface area is 170 Å². The van der Waals surface area contributed by atoms with Crippen molar-refractivity contribution in [1.82, 2.24) is 0 Å². The number of carbonyl (C=O) groups is 1. The fourth-order valence-electron chi connectivity index (χ4n) is 4.26. The van der Waals surface area contributed by atoms with Crippen molar-refractivity contribution in [3.05, 3.63) is 59.8 Å². The summed E-state index contributed by atoms with van der Waals surface area (Å²) in [6.45, 7) is 5.29. The molecule has 0 spiro atoms. The third kappa shape index (κ3) is 3.31. The number of H-pyrrole nitrogens is 1. The van der Waals surface area contributed by atoms with E-state index < -0.39 is 0 Å². The maximum atomic E-state index is 13.4. The first-order valence-electron chi connectivity index (χ1n) is 10.3. The van der Waals surface area contributed by atoms with E-state index in [0.29, 0.717) is 30.3 Å². The van der Waals surface area contributed by atoms with E-state index in [9.17, 15) is 4.79 Å². The zero-order chi connectivity index (χ0) is 19.8. The molecule has 0 bridgehead atoms. The Hall–Kier alpha value is -3.08. The minimum atomic E-state index is 0.0345. The molecule has 2 aliphatic rings. The standard InChI is InChI=1S/C24H24N2O3/c1-16-7-9-26(10-8-16)23-18-13-21-22(29-12-11-28-21)14-20(18)25-15-19(23)24(27)17-5-3-2-4-6-17/h2-6,13-16H,7-12H2,1H3/p+1. The number of aromatic nitrogens is 1. The summed E-state index contributed by atoms with van der Waals surface area (Å²) in [7, 11) is 0. The van der Waals surface area contributed by atoms with E-state index in [-0.39, 0.29) is 5.78 Å². The number of hydrogen-bond donors (Lipinski definition) is 0. The normalized spacial score (nSPS) is 16.8. The number of anilines is 1. The van der Waals surface area contributed by atoms with Gasteiger partial charge in [0.15, 0.2) is 17.7 Å². The fraction of sp³-hybridized carbons (Fsp3) is 0.333. The third-order valence-corrected chi connectivity index (χ3v) is 5.95. The van der Waals surface area contributed by atoms with Crippen LogP contribution >= 0.6 is 0 Å². The Morgan fingerprint density at radius 2 is 1.72 bits per heavy atom. The van der Waals surface area contributed by atoms with Crippen LogP contribution in [0.1, 0.15) is 35.7 Å². The average Bonchev–Trinajstić information content (AvgIpc) is 2.78. The lowest BCUT2D eigenvalue weighted by atomic mass is 9.95. The summed E-state index contributed by atoms with van der Waals surface area (Å²) in [5.41, 5.74) is 3.35. The molecule has 0 saturated carbocycles. The highest BCUT2D eigenvalue weighted by Crippen LogP contribution is 2.39. The Morgan fingerprint density at radius 3 is 2.45 bits per heavy atom. The summed E-state index contributed by atoms with van der Waals surface area (Å²) in [6.07, 6.45) is 4.11. The number of fused-ring (bicyclic) bond motifs is 2. The van der Waals surface area contributed by atoms with E-state index in [1.54, 1.807) is 0 Å². The van der Waals surface area contributed by atoms with Crippen molar-refractivity contribution in [2.45, 2.75) is 19.8 Å². The maximum absolute atomic E-state index is 13.4. The van der Waals surface area contributed by atoms with Gasteiger partial charge in [0.2, 0.25) is 11.3 Å². The van der Waals surface area contributed by atoms with E-state index in [1.165, 1.54) is 0 Å². The second-order valence-corrected chi connectivity index (χ2v) is 7.96. The number of hydrogen-bond acceptors (Lipinski definition) is 4. The van der Waals surface area contributed by atoms with Gasteiger partial charge in [-0.3, -0.25) is 4.79 Å². The number of rotatable bonds is 3. The summed E-state index contributed by atoms with van der Waals surface area (Å²) in [4.78, 5) is 19.1. The molecular weight excluding hydrogens is 364 g/mol. The lowest BCUT2D eigenvalue weighted by molar-refractivity contribution is -0.344. The SMILES string of the molecule is CC1CCN(c2c(C(=O)c3ccccc3)c[nH+]c3cc4c(cc23)OCCO4)CC1. The largest absolute Gasteiger partial charge is 0.486 e. The third-order valence-electron chi connectivity index (χ3n) is 5.95. The van der Waals surface area contributed by atoms with Crippen LogP contribution in [-0.4, -0.2) is 32.1 Å². The molecule has 1 N–H and O–H groups in total. The van der Waals surface area contributed by atoms with Crippen LogP contribution in [0, 0.1) is 5.92 Å². The molecule has 29 heavy (non-hydrogen) atoms. The summed E-state index contributed by atoms with van der Waals surface area (Å²) in [6, 6.07) is 13.5. The van der Waals surface area contributed by atoms with Crippen LogP contribution in [0.15, 0.2) is 48.7 Å². The number of benzene rings is 2. The van der Waals surface area contributed by atoms with Crippen molar-refractivity contribution in [3.63, 3.8) is 0 Å². The van der Waals surface area contributed by atoms with Crippen molar-refractivity contribution in [2.75, 3.05) is 31.2 Å². The Balaban J connectivity index is 1.69. The number of ether oxygens (including phenoxy) is 2. The van der Waals surface area contributed by atoms with Crippen LogP contribution in [0.2, 0.25) is 0 Å². The second-order valence-electron chi connectivity index (χ2n) is 7.96. The van der Waals surface area contributed by atoms with Gasteiger partial charge in [-0.15, -0.1) is 0 Å². The van der Waals surface area contributed by atoms with E-state index in [4.69, 9.17) is 9.47 Å². The van der Waals surface area contributed by atoms with E-state index >= 15 is 0 Å². The molecule has 0 unspecified atom stereocenters. The van der Waals surface area contributed by atoms with Gasteiger partial charge in [0, 0.05) is 24.7 Å². The summed E-state index contributed by atoms with van der Waals surface area (Å²) in [5.74, 6) is 2.24. The molecule has 0 amide bonds. The minimum absolute atomic E-state index is 0.0345. The second kappa shape index (κ2) is 7.39. The molecule has 5 rings (SSSR count). The number of nitrogens with zero attached hydrogens (tertiary/aromatic N) is 1. The molecule has 0 aliphatic carbocycles. The van der Waals surface area contributed by atoms with Crippen LogP contribution in [0.5, 0.6) is 11.5 Å². The van der Waals surface area contributed by atoms with Crippen molar-refractivity contribution < 1.29 is 19.3 Å². The fourth-order valence-corrected chi connectivity index (χ4v) is 4.26. The van der Waals surface area contributed by atoms with Gasteiger partial charge in [0.05, 0.1) is 17.1 Å². The molecule has 5 nitrogen and oxygen atoms in total. The van der Waals surface area contributed by atoms with Crippen molar-refractivity contribution in [3.8, 4) is 11.5 Å². The first-order valence-corrected chi connectivity index (χ1v) is 10.3. The first kappa shape index (κ1) is 18.0. The zero-order valence-corrected chi connectivity index (χ0v) is 16.6. The zero-order valence-electron chi connectivity index (χ0n) is 16.6. The summed E-state index contributed by atoms with van der Waals surface area (Å²) in [5, 5.41) is 1.01. The maximum Gasteiger partial charge on any atom is 0.216 e. The lowest BCUT2D eigenvalue weighted by Gasteiger charge is -2.33. The van der Waals surface area contributed by atoms with Crippen LogP contribution in [0.4, 0.5) is 5.69 Å². The molecule has 3 aromatic rings. The number of aromatic amines is 1. The Kier molecular flexibility index (Phi) is 4.58. The molecular formula is C24H25N2O3+. The monoisotopic (exact) mass is 389 g/mol. The van der Waals surface area contributed by atoms with Crippen LogP contribution in [0.25, 0.3) is 10.9 Å². The molecule has 0 atom stereocenters. The van der Waals surface area contributed by atoms with Gasteiger partial charge < -0.3 is 14.4 Å². The molecule has 0 radical (unpaired) electrons. The van der Waals surface area contributed by atoms with Crippen LogP contribution < -0.4 is 19.4 Å². The van der Waals surface area contributed by atoms with E-state index in [1.807, 2.05) is 48.7 Å². The van der Waals surface area contributed by atoms with Gasteiger partial charge in [-0.25, -0.2) is 4.98 Å². The number of ketones is 1. The molecule has 148 valence electrons. The van der Waals surface area contributed by atoms with Crippen molar-refractivity contribution in [1.29, 1.82) is 0 Å². The van der Waals surface area contributed by atoms with Gasteiger partial charge in [0.25, 0.3) is 0 Å². The van der Waals surface area contributed by atoms with Crippen LogP contribution in [-0.2, 0) is 0 Å². The molecule has 2 aromatic carbocycles. The number of carbonyl (C=O) groups excluding carboxylic acids is 1. The summed E-state index contributed by atoms with van der Waals surface area (Å²) >= 11 is 0. The van der Waals surface area contributed by atoms with Gasteiger partial charge in [-0.05, 0) is 18.8 Å². The molecule has 1 saturated heterocycles. The Bertz CT molecular complexity index is 1060. The quantitative estimate of drug-likeness (QED) is 0.638. The van der Waals surface area contributed by atoms with Gasteiger partial charge >= 0.3 is 0 Å². The highest BCUT2D eigenvalue weighted by Gasteiger charge is 2.28. The van der Waals surface area contributed by atoms with Crippen LogP contribution in [0.3, 0.4) is 0 Å². The average molecular weight is 389 g/mol. The molecule has 3 heterocycles. The minimum Gasteiger partial charge on any atom is -0.486 e. The van der Waals surface area contributed by atoms with Crippen molar-refractivity contribution in [2.24, 2.45) is 5.92 Å². The number of nitrogens with one attached hydrogen (secondary N) is 1. The molecule has 1 fully saturated rings. The Morgan fingerprint density at radius 1 is 1.03 bits per heavy atom. The topological polar surface area (TPSA) is 52.9 Å². The highest BCUT2D eigenvalue weighted by molar-refractivity contribution is 6.15. The predicted molar refractivity (Wildman–Crippen MR) is 112 cm³/mol. The van der Waals surface area contributed by atoms with Gasteiger partial charge in [-0.2, -0.15) is 0 Å². The first-order chi connectivity index (χ1) is 14.2. The van der Waals surface area contributed by atoms with Gasteiger partial charge in [0.1, 0.15) is 18.8 Å². The molecule has 2 aliphatic heterocycles. The smallest absolute Gasteiger partial charge is 0.216 e. The van der Waals surface area contributed by atoms with E-state index in [2.05, 4.69) is 16.8 Å². The summed E-state index contributed by atoms with van der Waals surface area (Å²) < 4.78 is 11.6. The van der Waals surface area contributed by atoms with Crippen molar-refractivity contribution >= 4 is 22.4 Å². The van der Waals surface area contributed by atoms with Gasteiger partial charge in [-0.1, -0.05) is 37.3 Å². The predicted octanol–water partition coefficient (Wildman–Crippen LogP) is 3.89.